The Labute approximate surface area is 124 Å². The summed E-state index contributed by atoms with van der Waals surface area (Å²) >= 11 is 0. The number of benzene rings is 1. The van der Waals surface area contributed by atoms with Crippen molar-refractivity contribution in [2.45, 2.75) is 6.92 Å². The molecule has 0 atom stereocenters. The molecule has 0 amide bonds. The summed E-state index contributed by atoms with van der Waals surface area (Å²) in [6.45, 7) is 1.75. The van der Waals surface area contributed by atoms with E-state index < -0.39 is 5.82 Å². The number of aromatic nitrogens is 4. The molecule has 4 aromatic rings. The van der Waals surface area contributed by atoms with Crippen molar-refractivity contribution in [3.8, 4) is 5.82 Å². The first-order valence-electron chi connectivity index (χ1n) is 6.78. The van der Waals surface area contributed by atoms with Crippen LogP contribution < -0.4 is 5.43 Å². The number of aromatic amines is 1. The molecular formula is C16H11FN4O. The van der Waals surface area contributed by atoms with Crippen LogP contribution in [0.5, 0.6) is 0 Å². The van der Waals surface area contributed by atoms with Gasteiger partial charge in [0.25, 0.3) is 0 Å². The molecule has 1 N–H and O–H groups in total. The fraction of sp³-hybridized carbons (Fsp3) is 0.0625. The van der Waals surface area contributed by atoms with Crippen molar-refractivity contribution in [1.82, 2.24) is 19.7 Å². The standard InChI is InChI=1S/C16H11FN4O/c1-9-13-15(22)10-5-4-6-11(17)14(10)19-16(13)21(20-9)12-7-2-3-8-18-12/h2-8H,1H3,(H,19,22). The van der Waals surface area contributed by atoms with Gasteiger partial charge in [-0.25, -0.2) is 9.37 Å². The molecule has 4 rings (SSSR count). The van der Waals surface area contributed by atoms with Crippen molar-refractivity contribution in [2.75, 3.05) is 0 Å². The highest BCUT2D eigenvalue weighted by atomic mass is 19.1. The Morgan fingerprint density at radius 2 is 2.05 bits per heavy atom. The summed E-state index contributed by atoms with van der Waals surface area (Å²) in [5.74, 6) is 0.0925. The molecule has 0 aliphatic rings. The lowest BCUT2D eigenvalue weighted by atomic mass is 10.1. The highest BCUT2D eigenvalue weighted by molar-refractivity contribution is 5.93. The predicted octanol–water partition coefficient (Wildman–Crippen LogP) is 2.71. The first-order valence-corrected chi connectivity index (χ1v) is 6.78. The van der Waals surface area contributed by atoms with Gasteiger partial charge >= 0.3 is 0 Å². The Kier molecular flexibility index (Phi) is 2.59. The number of aryl methyl sites for hydroxylation is 1. The van der Waals surface area contributed by atoms with Crippen LogP contribution >= 0.6 is 0 Å². The second kappa shape index (κ2) is 4.49. The van der Waals surface area contributed by atoms with E-state index in [9.17, 15) is 9.18 Å². The minimum absolute atomic E-state index is 0.178. The summed E-state index contributed by atoms with van der Waals surface area (Å²) in [5.41, 5.74) is 0.965. The first-order chi connectivity index (χ1) is 10.7. The van der Waals surface area contributed by atoms with Crippen LogP contribution in [0.25, 0.3) is 27.8 Å². The molecule has 0 saturated heterocycles. The zero-order valence-corrected chi connectivity index (χ0v) is 11.7. The molecule has 5 nitrogen and oxygen atoms in total. The number of halogens is 1. The van der Waals surface area contributed by atoms with Gasteiger partial charge in [0.2, 0.25) is 5.43 Å². The van der Waals surface area contributed by atoms with E-state index in [-0.39, 0.29) is 10.9 Å². The highest BCUT2D eigenvalue weighted by Gasteiger charge is 2.17. The maximum atomic E-state index is 14.0. The van der Waals surface area contributed by atoms with Crippen LogP contribution in [0.2, 0.25) is 0 Å². The molecule has 3 aromatic heterocycles. The summed E-state index contributed by atoms with van der Waals surface area (Å²) < 4.78 is 15.5. The predicted molar refractivity (Wildman–Crippen MR) is 81.7 cm³/mol. The molecule has 0 aliphatic heterocycles. The average molecular weight is 294 g/mol. The Bertz CT molecular complexity index is 1070. The molecule has 0 bridgehead atoms. The third kappa shape index (κ3) is 1.67. The number of hydrogen-bond donors (Lipinski definition) is 1. The lowest BCUT2D eigenvalue weighted by Gasteiger charge is -2.04. The van der Waals surface area contributed by atoms with Gasteiger partial charge in [0.15, 0.2) is 5.82 Å². The van der Waals surface area contributed by atoms with Crippen LogP contribution in [0.4, 0.5) is 4.39 Å². The highest BCUT2D eigenvalue weighted by Crippen LogP contribution is 2.21. The van der Waals surface area contributed by atoms with Gasteiger partial charge in [-0.3, -0.25) is 4.79 Å². The van der Waals surface area contributed by atoms with Crippen molar-refractivity contribution in [1.29, 1.82) is 0 Å². The number of fused-ring (bicyclic) bond motifs is 2. The van der Waals surface area contributed by atoms with E-state index in [1.165, 1.54) is 16.8 Å². The third-order valence-electron chi connectivity index (χ3n) is 3.66. The van der Waals surface area contributed by atoms with E-state index in [1.54, 1.807) is 31.3 Å². The number of nitrogens with zero attached hydrogens (tertiary/aromatic N) is 3. The summed E-state index contributed by atoms with van der Waals surface area (Å²) in [6, 6.07) is 9.84. The summed E-state index contributed by atoms with van der Waals surface area (Å²) in [7, 11) is 0. The summed E-state index contributed by atoms with van der Waals surface area (Å²) in [5, 5.41) is 5.14. The van der Waals surface area contributed by atoms with Gasteiger partial charge in [0.1, 0.15) is 11.5 Å². The van der Waals surface area contributed by atoms with Gasteiger partial charge in [-0.05, 0) is 31.2 Å². The average Bonchev–Trinajstić information content (AvgIpc) is 2.87. The molecule has 0 radical (unpaired) electrons. The molecule has 22 heavy (non-hydrogen) atoms. The number of pyridine rings is 2. The SMILES string of the molecule is Cc1nn(-c2ccccn2)c2[nH]c3c(F)cccc3c(=O)c12. The second-order valence-electron chi connectivity index (χ2n) is 5.03. The van der Waals surface area contributed by atoms with Gasteiger partial charge in [-0.15, -0.1) is 0 Å². The van der Waals surface area contributed by atoms with E-state index in [2.05, 4.69) is 15.1 Å². The number of nitrogens with one attached hydrogen (secondary N) is 1. The molecule has 0 saturated carbocycles. The molecule has 0 fully saturated rings. The number of para-hydroxylation sites is 1. The van der Waals surface area contributed by atoms with Crippen molar-refractivity contribution < 1.29 is 4.39 Å². The molecule has 3 heterocycles. The first kappa shape index (κ1) is 12.7. The number of rotatable bonds is 1. The maximum absolute atomic E-state index is 14.0. The van der Waals surface area contributed by atoms with Gasteiger partial charge in [-0.1, -0.05) is 12.1 Å². The zero-order chi connectivity index (χ0) is 15.3. The van der Waals surface area contributed by atoms with Crippen molar-refractivity contribution in [3.63, 3.8) is 0 Å². The molecule has 0 aliphatic carbocycles. The van der Waals surface area contributed by atoms with Crippen molar-refractivity contribution in [2.24, 2.45) is 0 Å². The van der Waals surface area contributed by atoms with Crippen molar-refractivity contribution >= 4 is 21.9 Å². The second-order valence-corrected chi connectivity index (χ2v) is 5.03. The lowest BCUT2D eigenvalue weighted by Crippen LogP contribution is -2.07. The molecule has 6 heteroatoms. The fourth-order valence-corrected chi connectivity index (χ4v) is 2.65. The molecular weight excluding hydrogens is 283 g/mol. The molecule has 0 spiro atoms. The Balaban J connectivity index is 2.21. The number of hydrogen-bond acceptors (Lipinski definition) is 3. The van der Waals surface area contributed by atoms with E-state index in [1.807, 2.05) is 6.07 Å². The van der Waals surface area contributed by atoms with Gasteiger partial charge in [-0.2, -0.15) is 9.78 Å². The number of H-pyrrole nitrogens is 1. The van der Waals surface area contributed by atoms with Crippen LogP contribution in [-0.2, 0) is 0 Å². The monoisotopic (exact) mass is 294 g/mol. The van der Waals surface area contributed by atoms with E-state index in [0.29, 0.717) is 27.9 Å². The van der Waals surface area contributed by atoms with Crippen LogP contribution in [0.3, 0.4) is 0 Å². The summed E-state index contributed by atoms with van der Waals surface area (Å²) in [4.78, 5) is 19.9. The minimum atomic E-state index is -0.470. The van der Waals surface area contributed by atoms with Gasteiger partial charge in [0, 0.05) is 11.6 Å². The van der Waals surface area contributed by atoms with Crippen LogP contribution in [-0.4, -0.2) is 19.7 Å². The normalized spacial score (nSPS) is 11.4. The van der Waals surface area contributed by atoms with Crippen LogP contribution in [0, 0.1) is 12.7 Å². The quantitative estimate of drug-likeness (QED) is 0.587. The van der Waals surface area contributed by atoms with E-state index in [4.69, 9.17) is 0 Å². The maximum Gasteiger partial charge on any atom is 0.200 e. The Morgan fingerprint density at radius 3 is 2.82 bits per heavy atom. The fourth-order valence-electron chi connectivity index (χ4n) is 2.65. The largest absolute Gasteiger partial charge is 0.336 e. The third-order valence-corrected chi connectivity index (χ3v) is 3.66. The smallest absolute Gasteiger partial charge is 0.200 e. The Morgan fingerprint density at radius 1 is 1.18 bits per heavy atom. The zero-order valence-electron chi connectivity index (χ0n) is 11.7. The molecule has 0 unspecified atom stereocenters. The summed E-state index contributed by atoms with van der Waals surface area (Å²) in [6.07, 6.45) is 1.64. The van der Waals surface area contributed by atoms with Crippen molar-refractivity contribution in [3.05, 3.63) is 64.3 Å². The molecule has 1 aromatic carbocycles. The Hall–Kier alpha value is -3.02. The van der Waals surface area contributed by atoms with Gasteiger partial charge < -0.3 is 4.98 Å². The topological polar surface area (TPSA) is 63.6 Å². The van der Waals surface area contributed by atoms with E-state index >= 15 is 0 Å². The van der Waals surface area contributed by atoms with E-state index in [0.717, 1.165) is 0 Å². The minimum Gasteiger partial charge on any atom is -0.336 e. The molecule has 108 valence electrons. The van der Waals surface area contributed by atoms with Crippen LogP contribution in [0.1, 0.15) is 5.69 Å². The van der Waals surface area contributed by atoms with Gasteiger partial charge in [0.05, 0.1) is 16.6 Å². The lowest BCUT2D eigenvalue weighted by molar-refractivity contribution is 0.637. The van der Waals surface area contributed by atoms with Crippen LogP contribution in [0.15, 0.2) is 47.4 Å².